The van der Waals surface area contributed by atoms with Crippen molar-refractivity contribution in [2.75, 3.05) is 13.2 Å². The molecule has 0 unspecified atom stereocenters. The number of aliphatic hydroxyl groups is 1. The number of nitrogens with zero attached hydrogens (tertiary/aromatic N) is 3. The number of hydrogen-bond acceptors (Lipinski definition) is 5. The molecule has 0 bridgehead atoms. The first-order chi connectivity index (χ1) is 7.22. The number of hydrogen-bond donors (Lipinski definition) is 2. The number of aromatic nitrogens is 4. The molecule has 0 fully saturated rings. The average molecular weight is 230 g/mol. The number of halogens is 1. The zero-order chi connectivity index (χ0) is 10.8. The van der Waals surface area contributed by atoms with Crippen LogP contribution in [-0.4, -0.2) is 38.0 Å². The average Bonchev–Trinajstić information content (AvgIpc) is 2.58. The largest absolute Gasteiger partial charge is 0.408 e. The molecular weight excluding hydrogens is 223 g/mol. The normalized spacial score (nSPS) is 10.8. The summed E-state index contributed by atoms with van der Waals surface area (Å²) in [5.41, 5.74) is 0.630. The van der Waals surface area contributed by atoms with Gasteiger partial charge in [0.15, 0.2) is 10.3 Å². The second kappa shape index (κ2) is 3.91. The van der Waals surface area contributed by atoms with Gasteiger partial charge in [0, 0.05) is 0 Å². The van der Waals surface area contributed by atoms with Gasteiger partial charge in [-0.1, -0.05) is 12.2 Å². The van der Waals surface area contributed by atoms with Gasteiger partial charge in [-0.25, -0.2) is 4.98 Å². The molecule has 8 heteroatoms. The minimum absolute atomic E-state index is 0.0626. The Morgan fingerprint density at radius 3 is 3.20 bits per heavy atom. The Morgan fingerprint density at radius 1 is 1.67 bits per heavy atom. The van der Waals surface area contributed by atoms with E-state index in [-0.39, 0.29) is 23.5 Å². The number of nitrogens with one attached hydrogen (secondary N) is 1. The fraction of sp³-hybridized carbons (Fsp3) is 0.286. The fourth-order valence-corrected chi connectivity index (χ4v) is 1.34. The lowest BCUT2D eigenvalue weighted by Gasteiger charge is -2.04. The van der Waals surface area contributed by atoms with Crippen LogP contribution in [0.2, 0.25) is 0 Å². The quantitative estimate of drug-likeness (QED) is 0.575. The van der Waals surface area contributed by atoms with E-state index in [0.717, 1.165) is 0 Å². The highest BCUT2D eigenvalue weighted by molar-refractivity contribution is 7.71. The molecule has 15 heavy (non-hydrogen) atoms. The van der Waals surface area contributed by atoms with Crippen LogP contribution >= 0.6 is 12.2 Å². The zero-order valence-corrected chi connectivity index (χ0v) is 8.29. The Labute approximate surface area is 88.3 Å². The van der Waals surface area contributed by atoms with Gasteiger partial charge in [-0.05, 0) is 0 Å². The summed E-state index contributed by atoms with van der Waals surface area (Å²) >= 11 is 4.82. The van der Waals surface area contributed by atoms with Crippen molar-refractivity contribution in [3.63, 3.8) is 0 Å². The van der Waals surface area contributed by atoms with Gasteiger partial charge < -0.3 is 9.94 Å². The Balaban J connectivity index is 2.53. The zero-order valence-electron chi connectivity index (χ0n) is 7.47. The molecule has 0 aromatic carbocycles. The van der Waals surface area contributed by atoms with E-state index in [1.54, 1.807) is 0 Å². The molecule has 0 aliphatic heterocycles. The topological polar surface area (TPSA) is 76.0 Å². The maximum absolute atomic E-state index is 12.9. The monoisotopic (exact) mass is 230 g/mol. The van der Waals surface area contributed by atoms with Gasteiger partial charge in [0.1, 0.15) is 18.5 Å². The van der Waals surface area contributed by atoms with Crippen LogP contribution in [0.1, 0.15) is 0 Å². The molecule has 80 valence electrons. The Bertz CT molecular complexity index is 537. The van der Waals surface area contributed by atoms with Crippen molar-refractivity contribution in [2.24, 2.45) is 0 Å². The second-order valence-electron chi connectivity index (χ2n) is 2.66. The van der Waals surface area contributed by atoms with Crippen molar-refractivity contribution < 1.29 is 14.3 Å². The van der Waals surface area contributed by atoms with Gasteiger partial charge in [-0.15, -0.1) is 0 Å². The van der Waals surface area contributed by atoms with Crippen molar-refractivity contribution in [3.8, 4) is 0 Å². The first kappa shape index (κ1) is 9.99. The Morgan fingerprint density at radius 2 is 2.47 bits per heavy atom. The standard InChI is InChI=1S/C7H7FN4O2S/c8-7-10-5-4(6(15)11-7)9-3-12(5)14-2-1-13/h3,13H,1-2H2,(H,10,11,15). The van der Waals surface area contributed by atoms with Crippen LogP contribution in [0.25, 0.3) is 11.2 Å². The van der Waals surface area contributed by atoms with Crippen LogP contribution in [0.15, 0.2) is 6.33 Å². The van der Waals surface area contributed by atoms with Gasteiger partial charge in [0.2, 0.25) is 0 Å². The fourth-order valence-electron chi connectivity index (χ4n) is 1.11. The molecule has 6 nitrogen and oxygen atoms in total. The van der Waals surface area contributed by atoms with Crippen LogP contribution < -0.4 is 4.84 Å². The van der Waals surface area contributed by atoms with Crippen LogP contribution in [0.5, 0.6) is 0 Å². The van der Waals surface area contributed by atoms with Crippen LogP contribution in [0.3, 0.4) is 0 Å². The molecule has 2 heterocycles. The minimum atomic E-state index is -0.804. The van der Waals surface area contributed by atoms with E-state index < -0.39 is 6.08 Å². The summed E-state index contributed by atoms with van der Waals surface area (Å²) in [4.78, 5) is 14.7. The van der Waals surface area contributed by atoms with E-state index in [0.29, 0.717) is 5.52 Å². The third-order valence-corrected chi connectivity index (χ3v) is 1.97. The second-order valence-corrected chi connectivity index (χ2v) is 3.04. The van der Waals surface area contributed by atoms with Crippen molar-refractivity contribution in [3.05, 3.63) is 17.0 Å². The highest BCUT2D eigenvalue weighted by Crippen LogP contribution is 2.09. The number of imidazole rings is 1. The van der Waals surface area contributed by atoms with Crippen molar-refractivity contribution in [1.29, 1.82) is 0 Å². The number of H-pyrrole nitrogens is 1. The van der Waals surface area contributed by atoms with Gasteiger partial charge in [-0.3, -0.25) is 4.98 Å². The molecule has 2 aromatic rings. The maximum Gasteiger partial charge on any atom is 0.289 e. The van der Waals surface area contributed by atoms with Gasteiger partial charge >= 0.3 is 0 Å². The number of rotatable bonds is 3. The molecule has 0 amide bonds. The summed E-state index contributed by atoms with van der Waals surface area (Å²) in [7, 11) is 0. The predicted octanol–water partition coefficient (Wildman–Crippen LogP) is 0.0489. The summed E-state index contributed by atoms with van der Waals surface area (Å²) in [5, 5.41) is 8.57. The molecule has 2 rings (SSSR count). The summed E-state index contributed by atoms with van der Waals surface area (Å²) in [6.45, 7) is -0.0655. The van der Waals surface area contributed by atoms with Gasteiger partial charge in [0.25, 0.3) is 6.08 Å². The van der Waals surface area contributed by atoms with E-state index >= 15 is 0 Å². The van der Waals surface area contributed by atoms with Crippen molar-refractivity contribution >= 4 is 23.4 Å². The molecular formula is C7H7FN4O2S. The molecule has 2 aromatic heterocycles. The highest BCUT2D eigenvalue weighted by Gasteiger charge is 2.07. The molecule has 0 radical (unpaired) electrons. The number of aliphatic hydroxyl groups excluding tert-OH is 1. The van der Waals surface area contributed by atoms with Crippen LogP contribution in [0.4, 0.5) is 4.39 Å². The summed E-state index contributed by atoms with van der Waals surface area (Å²) in [5.74, 6) is 0. The van der Waals surface area contributed by atoms with Crippen molar-refractivity contribution in [1.82, 2.24) is 19.7 Å². The molecule has 0 aliphatic carbocycles. The smallest absolute Gasteiger partial charge is 0.289 e. The maximum atomic E-state index is 12.9. The molecule has 0 atom stereocenters. The van der Waals surface area contributed by atoms with E-state index in [1.165, 1.54) is 11.1 Å². The summed E-state index contributed by atoms with van der Waals surface area (Å²) in [6.07, 6.45) is 0.523. The summed E-state index contributed by atoms with van der Waals surface area (Å²) in [6, 6.07) is 0. The number of aromatic amines is 1. The first-order valence-corrected chi connectivity index (χ1v) is 4.50. The molecule has 2 N–H and O–H groups in total. The molecule has 0 saturated heterocycles. The minimum Gasteiger partial charge on any atom is -0.408 e. The Kier molecular flexibility index (Phi) is 2.60. The molecule has 0 spiro atoms. The van der Waals surface area contributed by atoms with E-state index in [1.807, 2.05) is 0 Å². The third kappa shape index (κ3) is 1.81. The lowest BCUT2D eigenvalue weighted by atomic mass is 10.6. The summed E-state index contributed by atoms with van der Waals surface area (Å²) < 4.78 is 14.2. The first-order valence-electron chi connectivity index (χ1n) is 4.09. The Hall–Kier alpha value is -1.54. The predicted molar refractivity (Wildman–Crippen MR) is 51.2 cm³/mol. The molecule has 0 saturated carbocycles. The van der Waals surface area contributed by atoms with Crippen LogP contribution in [-0.2, 0) is 0 Å². The SMILES string of the molecule is OCCOn1cnc2c(=S)nc(F)[nH]c21. The highest BCUT2D eigenvalue weighted by atomic mass is 32.1. The van der Waals surface area contributed by atoms with E-state index in [9.17, 15) is 4.39 Å². The van der Waals surface area contributed by atoms with Crippen LogP contribution in [0, 0.1) is 10.7 Å². The van der Waals surface area contributed by atoms with Crippen molar-refractivity contribution in [2.45, 2.75) is 0 Å². The number of fused-ring (bicyclic) bond motifs is 1. The third-order valence-electron chi connectivity index (χ3n) is 1.68. The van der Waals surface area contributed by atoms with Gasteiger partial charge in [-0.2, -0.15) is 14.1 Å². The lowest BCUT2D eigenvalue weighted by Crippen LogP contribution is -2.15. The van der Waals surface area contributed by atoms with E-state index in [2.05, 4.69) is 15.0 Å². The van der Waals surface area contributed by atoms with Gasteiger partial charge in [0.05, 0.1) is 6.61 Å². The lowest BCUT2D eigenvalue weighted by molar-refractivity contribution is 0.0810. The van der Waals surface area contributed by atoms with E-state index in [4.69, 9.17) is 22.2 Å². The molecule has 0 aliphatic rings.